The van der Waals surface area contributed by atoms with Crippen molar-refractivity contribution in [2.45, 2.75) is 26.7 Å². The normalized spacial score (nSPS) is 16.2. The van der Waals surface area contributed by atoms with E-state index in [0.29, 0.717) is 22.8 Å². The van der Waals surface area contributed by atoms with E-state index in [-0.39, 0.29) is 36.2 Å². The third-order valence-corrected chi connectivity index (χ3v) is 7.35. The predicted molar refractivity (Wildman–Crippen MR) is 192 cm³/mol. The third-order valence-electron chi connectivity index (χ3n) is 7.35. The van der Waals surface area contributed by atoms with E-state index in [0.717, 1.165) is 18.2 Å². The largest absolute Gasteiger partial charge is 0.400 e. The summed E-state index contributed by atoms with van der Waals surface area (Å²) < 4.78 is 4.25. The molecule has 0 fully saturated rings. The van der Waals surface area contributed by atoms with E-state index in [1.165, 1.54) is 10.0 Å². The highest BCUT2D eigenvalue weighted by molar-refractivity contribution is 6.28. The Morgan fingerprint density at radius 2 is 0.837 bits per heavy atom. The van der Waals surface area contributed by atoms with Gasteiger partial charge in [0.2, 0.25) is 0 Å². The number of para-hydroxylation sites is 2. The number of hydrazone groups is 2. The molecular weight excluding hydrogens is 620 g/mol. The number of ether oxygens (including phenoxy) is 1. The molecule has 10 nitrogen and oxygen atoms in total. The topological polar surface area (TPSA) is 129 Å². The molecule has 0 saturated carbocycles. The number of hydrogen-bond acceptors (Lipinski definition) is 8. The zero-order chi connectivity index (χ0) is 35.8. The fourth-order valence-electron chi connectivity index (χ4n) is 5.18. The Kier molecular flexibility index (Phi) is 14.9. The zero-order valence-corrected chi connectivity index (χ0v) is 28.4. The molecule has 4 aromatic rings. The van der Waals surface area contributed by atoms with E-state index >= 15 is 0 Å². The Hall–Kier alpha value is -5.58. The molecule has 2 atom stereocenters. The minimum Gasteiger partial charge on any atom is -0.400 e. The highest BCUT2D eigenvalue weighted by Crippen LogP contribution is 2.26. The predicted octanol–water partition coefficient (Wildman–Crippen LogP) is 5.55. The SMILES string of the molecule is CC1=NN(c2ccccc2)C(=O)C1C(=O)Cc1ccccc1.CC1=NN(c2ccccc2)C(=O)C1C(=O)Cc1ccccc1.CO.COC. The van der Waals surface area contributed by atoms with Crippen LogP contribution in [0.3, 0.4) is 0 Å². The van der Waals surface area contributed by atoms with Gasteiger partial charge in [-0.2, -0.15) is 20.2 Å². The molecule has 2 aliphatic rings. The molecule has 2 unspecified atom stereocenters. The van der Waals surface area contributed by atoms with Crippen molar-refractivity contribution in [3.63, 3.8) is 0 Å². The van der Waals surface area contributed by atoms with Crippen molar-refractivity contribution in [1.82, 2.24) is 0 Å². The summed E-state index contributed by atoms with van der Waals surface area (Å²) in [5.41, 5.74) is 4.28. The number of amides is 2. The van der Waals surface area contributed by atoms with E-state index in [2.05, 4.69) is 14.9 Å². The lowest BCUT2D eigenvalue weighted by atomic mass is 9.94. The second-order valence-corrected chi connectivity index (χ2v) is 11.0. The summed E-state index contributed by atoms with van der Waals surface area (Å²) in [4.78, 5) is 50.0. The van der Waals surface area contributed by atoms with Crippen LogP contribution in [0.25, 0.3) is 0 Å². The first kappa shape index (κ1) is 37.9. The minimum absolute atomic E-state index is 0.115. The maximum atomic E-state index is 12.5. The molecule has 0 aliphatic carbocycles. The lowest BCUT2D eigenvalue weighted by molar-refractivity contribution is -0.130. The smallest absolute Gasteiger partial charge is 0.263 e. The standard InChI is InChI=1S/2C18H16N2O2.C2H6O.CH4O/c2*1-13-17(16(21)12-14-8-4-2-5-9-14)18(22)20(19-13)15-10-6-3-7-11-15;1-3-2;1-2/h2*2-11,17H,12H2,1H3;1-2H3;2H,1H3. The van der Waals surface area contributed by atoms with E-state index in [4.69, 9.17) is 5.11 Å². The maximum Gasteiger partial charge on any atom is 0.263 e. The Bertz CT molecular complexity index is 1600. The number of benzene rings is 4. The molecule has 0 spiro atoms. The van der Waals surface area contributed by atoms with Crippen LogP contribution < -0.4 is 10.0 Å². The highest BCUT2D eigenvalue weighted by atomic mass is 16.4. The number of Topliss-reactive ketones (excluding diaryl/α,β-unsaturated/α-hetero) is 2. The summed E-state index contributed by atoms with van der Waals surface area (Å²) in [6.07, 6.45) is 0.486. The van der Waals surface area contributed by atoms with Crippen LogP contribution in [-0.4, -0.2) is 61.2 Å². The molecule has 2 aliphatic heterocycles. The van der Waals surface area contributed by atoms with Gasteiger partial charge in [0.15, 0.2) is 11.6 Å². The van der Waals surface area contributed by atoms with Crippen LogP contribution in [0.15, 0.2) is 132 Å². The highest BCUT2D eigenvalue weighted by Gasteiger charge is 2.40. The average Bonchev–Trinajstić information content (AvgIpc) is 3.60. The Labute approximate surface area is 287 Å². The van der Waals surface area contributed by atoms with Gasteiger partial charge < -0.3 is 9.84 Å². The maximum absolute atomic E-state index is 12.5. The number of methoxy groups -OCH3 is 1. The molecule has 254 valence electrons. The molecule has 4 aromatic carbocycles. The van der Waals surface area contributed by atoms with Gasteiger partial charge in [-0.05, 0) is 49.2 Å². The molecule has 10 heteroatoms. The van der Waals surface area contributed by atoms with Gasteiger partial charge in [0.25, 0.3) is 11.8 Å². The summed E-state index contributed by atoms with van der Waals surface area (Å²) >= 11 is 0. The van der Waals surface area contributed by atoms with E-state index in [1.54, 1.807) is 52.3 Å². The van der Waals surface area contributed by atoms with Gasteiger partial charge in [-0.1, -0.05) is 97.1 Å². The Balaban J connectivity index is 0.000000235. The first-order valence-corrected chi connectivity index (χ1v) is 15.6. The number of aliphatic hydroxyl groups excluding tert-OH is 1. The van der Waals surface area contributed by atoms with Gasteiger partial charge in [-0.3, -0.25) is 19.2 Å². The van der Waals surface area contributed by atoms with Crippen molar-refractivity contribution >= 4 is 46.2 Å². The number of aliphatic hydroxyl groups is 1. The fourth-order valence-corrected chi connectivity index (χ4v) is 5.18. The molecule has 0 aromatic heterocycles. The second-order valence-electron chi connectivity index (χ2n) is 11.0. The number of carbonyl (C=O) groups excluding carboxylic acids is 4. The van der Waals surface area contributed by atoms with Gasteiger partial charge in [0, 0.05) is 34.2 Å². The molecule has 1 N–H and O–H groups in total. The number of carbonyl (C=O) groups is 4. The number of hydrogen-bond donors (Lipinski definition) is 1. The van der Waals surface area contributed by atoms with E-state index in [9.17, 15) is 19.2 Å². The molecule has 0 bridgehead atoms. The number of anilines is 2. The lowest BCUT2D eigenvalue weighted by Gasteiger charge is -2.13. The minimum atomic E-state index is -0.777. The van der Waals surface area contributed by atoms with Crippen LogP contribution in [0.5, 0.6) is 0 Å². The van der Waals surface area contributed by atoms with Crippen LogP contribution >= 0.6 is 0 Å². The first-order valence-electron chi connectivity index (χ1n) is 15.6. The number of rotatable bonds is 8. The van der Waals surface area contributed by atoms with Crippen LogP contribution in [0.1, 0.15) is 25.0 Å². The van der Waals surface area contributed by atoms with Gasteiger partial charge in [0.1, 0.15) is 11.8 Å². The summed E-state index contributed by atoms with van der Waals surface area (Å²) in [6, 6.07) is 37.2. The fraction of sp³-hybridized carbons (Fsp3) is 0.231. The third kappa shape index (κ3) is 10.2. The van der Waals surface area contributed by atoms with Gasteiger partial charge >= 0.3 is 0 Å². The van der Waals surface area contributed by atoms with Gasteiger partial charge in [-0.25, -0.2) is 0 Å². The van der Waals surface area contributed by atoms with Gasteiger partial charge in [-0.15, -0.1) is 0 Å². The van der Waals surface area contributed by atoms with Crippen molar-refractivity contribution in [3.05, 3.63) is 132 Å². The van der Waals surface area contributed by atoms with Crippen LogP contribution in [0, 0.1) is 11.8 Å². The quantitative estimate of drug-likeness (QED) is 0.247. The van der Waals surface area contributed by atoms with Crippen LogP contribution in [0.2, 0.25) is 0 Å². The van der Waals surface area contributed by atoms with Crippen molar-refractivity contribution in [3.8, 4) is 0 Å². The molecule has 49 heavy (non-hydrogen) atoms. The molecular formula is C39H42N4O6. The summed E-state index contributed by atoms with van der Waals surface area (Å²) in [6.45, 7) is 3.46. The van der Waals surface area contributed by atoms with E-state index < -0.39 is 11.8 Å². The molecule has 2 amide bonds. The average molecular weight is 663 g/mol. The molecule has 0 radical (unpaired) electrons. The van der Waals surface area contributed by atoms with Crippen LogP contribution in [0.4, 0.5) is 11.4 Å². The van der Waals surface area contributed by atoms with E-state index in [1.807, 2.05) is 97.1 Å². The monoisotopic (exact) mass is 662 g/mol. The molecule has 0 saturated heterocycles. The molecule has 6 rings (SSSR count). The Morgan fingerprint density at radius 1 is 0.571 bits per heavy atom. The lowest BCUT2D eigenvalue weighted by Crippen LogP contribution is -2.33. The van der Waals surface area contributed by atoms with Crippen molar-refractivity contribution in [1.29, 1.82) is 0 Å². The van der Waals surface area contributed by atoms with Crippen molar-refractivity contribution in [2.24, 2.45) is 22.0 Å². The zero-order valence-electron chi connectivity index (χ0n) is 28.4. The second kappa shape index (κ2) is 19.3. The van der Waals surface area contributed by atoms with Crippen molar-refractivity contribution in [2.75, 3.05) is 31.3 Å². The van der Waals surface area contributed by atoms with Crippen LogP contribution in [-0.2, 0) is 36.8 Å². The summed E-state index contributed by atoms with van der Waals surface area (Å²) in [7, 11) is 4.25. The molecule has 2 heterocycles. The van der Waals surface area contributed by atoms with Gasteiger partial charge in [0.05, 0.1) is 22.8 Å². The Morgan fingerprint density at radius 3 is 1.12 bits per heavy atom. The number of nitrogens with zero attached hydrogens (tertiary/aromatic N) is 4. The summed E-state index contributed by atoms with van der Waals surface area (Å²) in [5.74, 6) is -2.33. The van der Waals surface area contributed by atoms with Crippen molar-refractivity contribution < 1.29 is 29.0 Å². The summed E-state index contributed by atoms with van der Waals surface area (Å²) in [5, 5.41) is 18.2. The first-order chi connectivity index (χ1) is 23.7. The number of ketones is 2.